The zero-order valence-electron chi connectivity index (χ0n) is 9.22. The van der Waals surface area contributed by atoms with Gasteiger partial charge in [0, 0.05) is 34.5 Å². The summed E-state index contributed by atoms with van der Waals surface area (Å²) >= 11 is 3.94. The predicted octanol–water partition coefficient (Wildman–Crippen LogP) is 2.01. The number of hydrogen-bond donors (Lipinski definition) is 1. The number of hydrogen-bond acceptors (Lipinski definition) is 4. The van der Waals surface area contributed by atoms with Crippen molar-refractivity contribution in [3.8, 4) is 0 Å². The highest BCUT2D eigenvalue weighted by molar-refractivity contribution is 8.07. The molecule has 2 nitrogen and oxygen atoms in total. The summed E-state index contributed by atoms with van der Waals surface area (Å²) in [6.45, 7) is 3.88. The lowest BCUT2D eigenvalue weighted by molar-refractivity contribution is -0.00919. The third-order valence-electron chi connectivity index (χ3n) is 3.25. The summed E-state index contributed by atoms with van der Waals surface area (Å²) in [6, 6.07) is 0. The van der Waals surface area contributed by atoms with Crippen molar-refractivity contribution in [2.24, 2.45) is 5.92 Å². The lowest BCUT2D eigenvalue weighted by atomic mass is 9.93. The fourth-order valence-electron chi connectivity index (χ4n) is 2.33. The Bertz CT molecular complexity index is 195. The standard InChI is InChI=1S/C11H20O2S2/c1-8-11(15-6-5-14-8)10(12)9-3-2-4-13-7-9/h8-12H,2-7H2,1H3. The first-order valence-electron chi connectivity index (χ1n) is 5.78. The third kappa shape index (κ3) is 3.05. The minimum atomic E-state index is -0.168. The Balaban J connectivity index is 1.89. The van der Waals surface area contributed by atoms with E-state index in [1.165, 1.54) is 11.5 Å². The molecule has 0 aromatic rings. The number of thioether (sulfide) groups is 2. The highest BCUT2D eigenvalue weighted by atomic mass is 32.2. The van der Waals surface area contributed by atoms with Gasteiger partial charge >= 0.3 is 0 Å². The molecule has 1 N–H and O–H groups in total. The van der Waals surface area contributed by atoms with E-state index in [0.29, 0.717) is 16.4 Å². The summed E-state index contributed by atoms with van der Waals surface area (Å²) in [5.41, 5.74) is 0. The normalized spacial score (nSPS) is 40.0. The van der Waals surface area contributed by atoms with Crippen LogP contribution in [0.5, 0.6) is 0 Å². The van der Waals surface area contributed by atoms with Crippen LogP contribution in [0.1, 0.15) is 19.8 Å². The number of rotatable bonds is 2. The zero-order valence-corrected chi connectivity index (χ0v) is 10.9. The fraction of sp³-hybridized carbons (Fsp3) is 1.00. The maximum absolute atomic E-state index is 10.4. The first-order chi connectivity index (χ1) is 7.29. The molecule has 0 aromatic heterocycles. The molecule has 0 aliphatic carbocycles. The van der Waals surface area contributed by atoms with Gasteiger partial charge in [-0.1, -0.05) is 6.92 Å². The molecule has 2 aliphatic rings. The topological polar surface area (TPSA) is 29.5 Å². The smallest absolute Gasteiger partial charge is 0.0719 e. The Hall–Kier alpha value is 0.620. The molecule has 0 bridgehead atoms. The summed E-state index contributed by atoms with van der Waals surface area (Å²) in [7, 11) is 0. The van der Waals surface area contributed by atoms with Crippen LogP contribution in [0.15, 0.2) is 0 Å². The SMILES string of the molecule is CC1SCCSC1C(O)C1CCCOC1. The van der Waals surface area contributed by atoms with Gasteiger partial charge in [-0.05, 0) is 12.8 Å². The predicted molar refractivity (Wildman–Crippen MR) is 67.7 cm³/mol. The second-order valence-corrected chi connectivity index (χ2v) is 7.15. The molecule has 0 aromatic carbocycles. The van der Waals surface area contributed by atoms with Crippen molar-refractivity contribution in [1.82, 2.24) is 0 Å². The molecule has 0 spiro atoms. The van der Waals surface area contributed by atoms with Crippen molar-refractivity contribution >= 4 is 23.5 Å². The maximum atomic E-state index is 10.4. The quantitative estimate of drug-likeness (QED) is 0.809. The zero-order chi connectivity index (χ0) is 10.7. The van der Waals surface area contributed by atoms with Gasteiger partial charge in [-0.2, -0.15) is 23.5 Å². The van der Waals surface area contributed by atoms with Crippen LogP contribution in [0.3, 0.4) is 0 Å². The molecular weight excluding hydrogens is 228 g/mol. The Kier molecular flexibility index (Phi) is 4.68. The van der Waals surface area contributed by atoms with Crippen LogP contribution in [-0.4, -0.2) is 46.4 Å². The monoisotopic (exact) mass is 248 g/mol. The Labute approximate surface area is 101 Å². The van der Waals surface area contributed by atoms with Crippen molar-refractivity contribution in [2.45, 2.75) is 36.4 Å². The largest absolute Gasteiger partial charge is 0.392 e. The van der Waals surface area contributed by atoms with Crippen molar-refractivity contribution in [2.75, 3.05) is 24.7 Å². The lowest BCUT2D eigenvalue weighted by Gasteiger charge is -2.36. The van der Waals surface area contributed by atoms with Gasteiger partial charge in [0.25, 0.3) is 0 Å². The van der Waals surface area contributed by atoms with E-state index in [9.17, 15) is 5.11 Å². The molecule has 0 radical (unpaired) electrons. The van der Waals surface area contributed by atoms with Gasteiger partial charge in [0.05, 0.1) is 12.7 Å². The first-order valence-corrected chi connectivity index (χ1v) is 7.88. The van der Waals surface area contributed by atoms with Crippen molar-refractivity contribution in [3.63, 3.8) is 0 Å². The van der Waals surface area contributed by atoms with E-state index in [0.717, 1.165) is 26.1 Å². The van der Waals surface area contributed by atoms with Crippen LogP contribution >= 0.6 is 23.5 Å². The second kappa shape index (κ2) is 5.80. The van der Waals surface area contributed by atoms with Crippen LogP contribution in [0.4, 0.5) is 0 Å². The summed E-state index contributed by atoms with van der Waals surface area (Å²) in [5.74, 6) is 2.79. The van der Waals surface area contributed by atoms with Gasteiger partial charge in [-0.3, -0.25) is 0 Å². The molecule has 88 valence electrons. The average molecular weight is 248 g/mol. The molecule has 4 heteroatoms. The van der Waals surface area contributed by atoms with Gasteiger partial charge in [0.15, 0.2) is 0 Å². The van der Waals surface area contributed by atoms with Gasteiger partial charge in [0.2, 0.25) is 0 Å². The molecule has 0 amide bonds. The van der Waals surface area contributed by atoms with Gasteiger partial charge in [0.1, 0.15) is 0 Å². The van der Waals surface area contributed by atoms with E-state index in [2.05, 4.69) is 6.92 Å². The third-order valence-corrected chi connectivity index (χ3v) is 6.45. The molecular formula is C11H20O2S2. The van der Waals surface area contributed by atoms with Crippen molar-refractivity contribution in [3.05, 3.63) is 0 Å². The van der Waals surface area contributed by atoms with E-state index in [1.54, 1.807) is 0 Å². The van der Waals surface area contributed by atoms with E-state index in [-0.39, 0.29) is 6.10 Å². The van der Waals surface area contributed by atoms with Crippen LogP contribution in [-0.2, 0) is 4.74 Å². The summed E-state index contributed by atoms with van der Waals surface area (Å²) in [5, 5.41) is 11.4. The molecule has 0 saturated carbocycles. The highest BCUT2D eigenvalue weighted by Crippen LogP contribution is 2.36. The second-order valence-electron chi connectivity index (χ2n) is 4.38. The summed E-state index contributed by atoms with van der Waals surface area (Å²) < 4.78 is 5.45. The van der Waals surface area contributed by atoms with Gasteiger partial charge in [-0.25, -0.2) is 0 Å². The van der Waals surface area contributed by atoms with Crippen LogP contribution < -0.4 is 0 Å². The molecule has 2 saturated heterocycles. The van der Waals surface area contributed by atoms with Crippen LogP contribution in [0.2, 0.25) is 0 Å². The highest BCUT2D eigenvalue weighted by Gasteiger charge is 2.34. The Morgan fingerprint density at radius 1 is 1.33 bits per heavy atom. The van der Waals surface area contributed by atoms with E-state index < -0.39 is 0 Å². The van der Waals surface area contributed by atoms with Gasteiger partial charge < -0.3 is 9.84 Å². The molecule has 2 heterocycles. The van der Waals surface area contributed by atoms with Crippen LogP contribution in [0.25, 0.3) is 0 Å². The number of ether oxygens (including phenoxy) is 1. The molecule has 2 rings (SSSR count). The van der Waals surface area contributed by atoms with Crippen LogP contribution in [0, 0.1) is 5.92 Å². The molecule has 2 aliphatic heterocycles. The summed E-state index contributed by atoms with van der Waals surface area (Å²) in [4.78, 5) is 0. The summed E-state index contributed by atoms with van der Waals surface area (Å²) in [6.07, 6.45) is 2.08. The number of aliphatic hydroxyl groups is 1. The Morgan fingerprint density at radius 3 is 2.80 bits per heavy atom. The van der Waals surface area contributed by atoms with Crippen molar-refractivity contribution < 1.29 is 9.84 Å². The average Bonchev–Trinajstić information content (AvgIpc) is 2.30. The molecule has 4 unspecified atom stereocenters. The van der Waals surface area contributed by atoms with Crippen molar-refractivity contribution in [1.29, 1.82) is 0 Å². The van der Waals surface area contributed by atoms with E-state index in [4.69, 9.17) is 4.74 Å². The minimum Gasteiger partial charge on any atom is -0.392 e. The van der Waals surface area contributed by atoms with Gasteiger partial charge in [-0.15, -0.1) is 0 Å². The fourth-order valence-corrected chi connectivity index (χ4v) is 5.25. The first kappa shape index (κ1) is 12.1. The maximum Gasteiger partial charge on any atom is 0.0719 e. The molecule has 4 atom stereocenters. The molecule has 2 fully saturated rings. The molecule has 15 heavy (non-hydrogen) atoms. The number of aliphatic hydroxyl groups excluding tert-OH is 1. The lowest BCUT2D eigenvalue weighted by Crippen LogP contribution is -2.42. The Morgan fingerprint density at radius 2 is 2.13 bits per heavy atom. The van der Waals surface area contributed by atoms with E-state index >= 15 is 0 Å². The minimum absolute atomic E-state index is 0.168. The van der Waals surface area contributed by atoms with E-state index in [1.807, 2.05) is 23.5 Å².